The van der Waals surface area contributed by atoms with E-state index >= 15 is 0 Å². The summed E-state index contributed by atoms with van der Waals surface area (Å²) in [5.74, 6) is -1.92. The number of rotatable bonds is 5. The molecule has 0 aliphatic heterocycles. The van der Waals surface area contributed by atoms with Crippen LogP contribution in [0.2, 0.25) is 0 Å². The van der Waals surface area contributed by atoms with Gasteiger partial charge >= 0.3 is 12.3 Å². The topological polar surface area (TPSA) is 46.5 Å². The summed E-state index contributed by atoms with van der Waals surface area (Å²) in [6, 6.07) is 2.37. The fourth-order valence-electron chi connectivity index (χ4n) is 1.40. The standard InChI is InChI=1S/C11H9F5O3/c12-10(13)7-1-3-8(19-11(14,15)16)6(5-7)2-4-9(17)18/h1,3,5,10H,2,4H2,(H,17,18). The Kier molecular flexibility index (Phi) is 4.68. The summed E-state index contributed by atoms with van der Waals surface area (Å²) in [5, 5.41) is 8.47. The fraction of sp³-hybridized carbons (Fsp3) is 0.364. The van der Waals surface area contributed by atoms with Crippen molar-refractivity contribution in [3.05, 3.63) is 29.3 Å². The first kappa shape index (κ1) is 15.2. The van der Waals surface area contributed by atoms with Crippen LogP contribution in [0.25, 0.3) is 0 Å². The van der Waals surface area contributed by atoms with Crippen LogP contribution in [0.5, 0.6) is 5.75 Å². The first-order valence-corrected chi connectivity index (χ1v) is 5.07. The first-order chi connectivity index (χ1) is 8.69. The molecule has 0 bridgehead atoms. The molecule has 0 aromatic heterocycles. The minimum absolute atomic E-state index is 0.225. The summed E-state index contributed by atoms with van der Waals surface area (Å²) in [7, 11) is 0. The van der Waals surface area contributed by atoms with Crippen LogP contribution >= 0.6 is 0 Å². The van der Waals surface area contributed by atoms with Gasteiger partial charge in [0, 0.05) is 12.0 Å². The van der Waals surface area contributed by atoms with Gasteiger partial charge in [-0.2, -0.15) is 0 Å². The summed E-state index contributed by atoms with van der Waals surface area (Å²) in [4.78, 5) is 10.4. The average Bonchev–Trinajstić information content (AvgIpc) is 2.25. The number of carbonyl (C=O) groups is 1. The van der Waals surface area contributed by atoms with Crippen molar-refractivity contribution in [2.75, 3.05) is 0 Å². The van der Waals surface area contributed by atoms with E-state index in [2.05, 4.69) is 4.74 Å². The zero-order valence-corrected chi connectivity index (χ0v) is 9.38. The summed E-state index contributed by atoms with van der Waals surface area (Å²) in [6.07, 6.45) is -8.64. The van der Waals surface area contributed by atoms with Crippen molar-refractivity contribution >= 4 is 5.97 Å². The lowest BCUT2D eigenvalue weighted by molar-refractivity contribution is -0.274. The second kappa shape index (κ2) is 5.85. The molecule has 1 aromatic carbocycles. The van der Waals surface area contributed by atoms with Crippen LogP contribution in [0.1, 0.15) is 24.0 Å². The first-order valence-electron chi connectivity index (χ1n) is 5.07. The number of hydrogen-bond acceptors (Lipinski definition) is 2. The van der Waals surface area contributed by atoms with Crippen molar-refractivity contribution in [1.82, 2.24) is 0 Å². The molecule has 0 amide bonds. The summed E-state index contributed by atoms with van der Waals surface area (Å²) in [5.41, 5.74) is -0.715. The maximum Gasteiger partial charge on any atom is 0.573 e. The van der Waals surface area contributed by atoms with Crippen molar-refractivity contribution < 1.29 is 36.6 Å². The third-order valence-electron chi connectivity index (χ3n) is 2.17. The van der Waals surface area contributed by atoms with Gasteiger partial charge in [-0.25, -0.2) is 8.78 Å². The van der Waals surface area contributed by atoms with Crippen LogP contribution < -0.4 is 4.74 Å². The lowest BCUT2D eigenvalue weighted by Gasteiger charge is -2.14. The van der Waals surface area contributed by atoms with E-state index in [1.807, 2.05) is 0 Å². The molecule has 1 aromatic rings. The summed E-state index contributed by atoms with van der Waals surface area (Å²) in [6.45, 7) is 0. The molecule has 0 aliphatic rings. The van der Waals surface area contributed by atoms with E-state index in [9.17, 15) is 26.7 Å². The molecule has 0 spiro atoms. The Hall–Kier alpha value is -1.86. The number of ether oxygens (including phenoxy) is 1. The van der Waals surface area contributed by atoms with Crippen molar-refractivity contribution in [2.24, 2.45) is 0 Å². The largest absolute Gasteiger partial charge is 0.573 e. The van der Waals surface area contributed by atoms with Crippen molar-refractivity contribution in [2.45, 2.75) is 25.6 Å². The second-order valence-corrected chi connectivity index (χ2v) is 3.61. The summed E-state index contributed by atoms with van der Waals surface area (Å²) < 4.78 is 64.8. The molecular weight excluding hydrogens is 275 g/mol. The third-order valence-corrected chi connectivity index (χ3v) is 2.17. The Morgan fingerprint density at radius 2 is 1.95 bits per heavy atom. The molecular formula is C11H9F5O3. The van der Waals surface area contributed by atoms with Gasteiger partial charge in [0.2, 0.25) is 0 Å². The van der Waals surface area contributed by atoms with E-state index in [1.165, 1.54) is 0 Å². The monoisotopic (exact) mass is 284 g/mol. The van der Waals surface area contributed by atoms with Gasteiger partial charge in [0.1, 0.15) is 5.75 Å². The average molecular weight is 284 g/mol. The van der Waals surface area contributed by atoms with Gasteiger partial charge in [0.15, 0.2) is 0 Å². The molecule has 1 rings (SSSR count). The van der Waals surface area contributed by atoms with Gasteiger partial charge < -0.3 is 9.84 Å². The molecule has 0 aliphatic carbocycles. The molecule has 0 atom stereocenters. The molecule has 0 fully saturated rings. The van der Waals surface area contributed by atoms with E-state index in [1.54, 1.807) is 0 Å². The molecule has 0 unspecified atom stereocenters. The van der Waals surface area contributed by atoms with Crippen LogP contribution in [0.4, 0.5) is 22.0 Å². The minimum atomic E-state index is -4.97. The molecule has 0 saturated heterocycles. The number of aryl methyl sites for hydroxylation is 1. The Bertz CT molecular complexity index is 456. The highest BCUT2D eigenvalue weighted by Crippen LogP contribution is 2.30. The van der Waals surface area contributed by atoms with Gasteiger partial charge in [-0.3, -0.25) is 4.79 Å². The van der Waals surface area contributed by atoms with Crippen LogP contribution in [-0.4, -0.2) is 17.4 Å². The summed E-state index contributed by atoms with van der Waals surface area (Å²) >= 11 is 0. The minimum Gasteiger partial charge on any atom is -0.481 e. The number of carboxylic acids is 1. The SMILES string of the molecule is O=C(O)CCc1cc(C(F)F)ccc1OC(F)(F)F. The number of aliphatic carboxylic acids is 1. The van der Waals surface area contributed by atoms with Crippen LogP contribution in [-0.2, 0) is 11.2 Å². The van der Waals surface area contributed by atoms with Gasteiger partial charge in [-0.15, -0.1) is 13.2 Å². The smallest absolute Gasteiger partial charge is 0.481 e. The van der Waals surface area contributed by atoms with Crippen molar-refractivity contribution in [3.63, 3.8) is 0 Å². The highest BCUT2D eigenvalue weighted by Gasteiger charge is 2.32. The Labute approximate surface area is 104 Å². The molecule has 106 valence electrons. The van der Waals surface area contributed by atoms with E-state index in [4.69, 9.17) is 5.11 Å². The van der Waals surface area contributed by atoms with Gasteiger partial charge in [-0.1, -0.05) is 0 Å². The number of alkyl halides is 5. The Morgan fingerprint density at radius 3 is 2.42 bits per heavy atom. The van der Waals surface area contributed by atoms with Crippen molar-refractivity contribution in [3.8, 4) is 5.75 Å². The lowest BCUT2D eigenvalue weighted by atomic mass is 10.1. The lowest BCUT2D eigenvalue weighted by Crippen LogP contribution is -2.18. The van der Waals surface area contributed by atoms with Gasteiger partial charge in [0.25, 0.3) is 6.43 Å². The van der Waals surface area contributed by atoms with Crippen LogP contribution in [0.15, 0.2) is 18.2 Å². The van der Waals surface area contributed by atoms with E-state index in [0.29, 0.717) is 0 Å². The zero-order chi connectivity index (χ0) is 14.6. The maximum absolute atomic E-state index is 12.4. The Balaban J connectivity index is 3.03. The van der Waals surface area contributed by atoms with Gasteiger partial charge in [-0.05, 0) is 30.2 Å². The second-order valence-electron chi connectivity index (χ2n) is 3.61. The normalized spacial score (nSPS) is 11.7. The molecule has 8 heteroatoms. The molecule has 0 radical (unpaired) electrons. The third kappa shape index (κ3) is 5.11. The predicted molar refractivity (Wildman–Crippen MR) is 54.0 cm³/mol. The van der Waals surface area contributed by atoms with Crippen molar-refractivity contribution in [1.29, 1.82) is 0 Å². The highest BCUT2D eigenvalue weighted by atomic mass is 19.4. The highest BCUT2D eigenvalue weighted by molar-refractivity contribution is 5.67. The molecule has 1 N–H and O–H groups in total. The number of halogens is 5. The Morgan fingerprint density at radius 1 is 1.32 bits per heavy atom. The van der Waals surface area contributed by atoms with Crippen LogP contribution in [0, 0.1) is 0 Å². The van der Waals surface area contributed by atoms with E-state index in [-0.39, 0.29) is 12.0 Å². The number of benzene rings is 1. The van der Waals surface area contributed by atoms with Gasteiger partial charge in [0.05, 0.1) is 0 Å². The predicted octanol–water partition coefficient (Wildman–Crippen LogP) is 3.54. The number of carboxylic acid groups (broad SMARTS) is 1. The van der Waals surface area contributed by atoms with Crippen LogP contribution in [0.3, 0.4) is 0 Å². The molecule has 19 heavy (non-hydrogen) atoms. The van der Waals surface area contributed by atoms with E-state index < -0.39 is 36.5 Å². The molecule has 0 saturated carbocycles. The molecule has 3 nitrogen and oxygen atoms in total. The van der Waals surface area contributed by atoms with E-state index in [0.717, 1.165) is 18.2 Å². The number of hydrogen-bond donors (Lipinski definition) is 1. The molecule has 0 heterocycles. The fourth-order valence-corrected chi connectivity index (χ4v) is 1.40. The zero-order valence-electron chi connectivity index (χ0n) is 9.38. The quantitative estimate of drug-likeness (QED) is 0.841. The maximum atomic E-state index is 12.4.